The van der Waals surface area contributed by atoms with E-state index in [1.807, 2.05) is 25.3 Å². The molecule has 0 aliphatic carbocycles. The molecule has 3 heterocycles. The zero-order chi connectivity index (χ0) is 21.9. The molecule has 6 nitrogen and oxygen atoms in total. The molecule has 2 aliphatic rings. The number of hydrogen-bond acceptors (Lipinski definition) is 5. The van der Waals surface area contributed by atoms with Crippen molar-refractivity contribution in [3.8, 4) is 0 Å². The lowest BCUT2D eigenvalue weighted by molar-refractivity contribution is -0.136. The monoisotopic (exact) mass is 425 g/mol. The molecule has 6 heteroatoms. The van der Waals surface area contributed by atoms with Crippen molar-refractivity contribution in [1.29, 1.82) is 0 Å². The predicted octanol–water partition coefficient (Wildman–Crippen LogP) is 3.80. The second kappa shape index (κ2) is 12.4. The highest BCUT2D eigenvalue weighted by atomic mass is 16.5. The van der Waals surface area contributed by atoms with Gasteiger partial charge in [0.05, 0.1) is 12.5 Å². The number of carboxylic acid groups (broad SMARTS) is 1. The normalized spacial score (nSPS) is 18.3. The van der Waals surface area contributed by atoms with Gasteiger partial charge in [0, 0.05) is 25.9 Å². The summed E-state index contributed by atoms with van der Waals surface area (Å²) in [6, 6.07) is 13.6. The first-order chi connectivity index (χ1) is 15.1. The van der Waals surface area contributed by atoms with Crippen LogP contribution in [0.1, 0.15) is 42.5 Å². The van der Waals surface area contributed by atoms with E-state index in [4.69, 9.17) is 14.8 Å². The Morgan fingerprint density at radius 3 is 2.84 bits per heavy atom. The van der Waals surface area contributed by atoms with Crippen LogP contribution >= 0.6 is 0 Å². The van der Waals surface area contributed by atoms with Crippen LogP contribution in [0, 0.1) is 0 Å². The molecule has 1 saturated heterocycles. The third-order valence-electron chi connectivity index (χ3n) is 5.85. The van der Waals surface area contributed by atoms with Crippen LogP contribution in [-0.4, -0.2) is 60.4 Å². The Bertz CT molecular complexity index is 813. The molecule has 2 N–H and O–H groups in total. The first-order valence-corrected chi connectivity index (χ1v) is 11.4. The number of hydrogen-bond donors (Lipinski definition) is 2. The Morgan fingerprint density at radius 1 is 1.23 bits per heavy atom. The Kier molecular flexibility index (Phi) is 9.31. The van der Waals surface area contributed by atoms with Crippen molar-refractivity contribution >= 4 is 11.8 Å². The average molecular weight is 426 g/mol. The Hall–Kier alpha value is -2.44. The summed E-state index contributed by atoms with van der Waals surface area (Å²) in [6.07, 6.45) is 7.67. The summed E-state index contributed by atoms with van der Waals surface area (Å²) in [7, 11) is 1.83. The van der Waals surface area contributed by atoms with Gasteiger partial charge in [-0.1, -0.05) is 36.4 Å². The number of likely N-dealkylation sites (tertiary alicyclic amines) is 1. The minimum absolute atomic E-state index is 0.112. The molecule has 2 aliphatic heterocycles. The van der Waals surface area contributed by atoms with Gasteiger partial charge in [0.1, 0.15) is 5.82 Å². The lowest BCUT2D eigenvalue weighted by Gasteiger charge is -2.31. The van der Waals surface area contributed by atoms with Crippen LogP contribution in [0.25, 0.3) is 0 Å². The van der Waals surface area contributed by atoms with Gasteiger partial charge < -0.3 is 20.1 Å². The van der Waals surface area contributed by atoms with Crippen LogP contribution in [0.3, 0.4) is 0 Å². The standard InChI is InChI=1S/C17H27N3O.C8H8O2/c1-21-16-7-4-12-20(13-16)11-3-6-15-9-8-14-5-2-10-18-17(14)19-15;9-8(10)6-7-4-2-1-3-5-7/h8-9,16H,2-7,10-13H2,1H3,(H,18,19);1-5H,6H2,(H,9,10). The number of aromatic nitrogens is 1. The number of methoxy groups -OCH3 is 1. The fraction of sp³-hybridized carbons (Fsp3) is 0.520. The average Bonchev–Trinajstić information content (AvgIpc) is 2.80. The summed E-state index contributed by atoms with van der Waals surface area (Å²) in [5.41, 5.74) is 3.45. The van der Waals surface area contributed by atoms with Crippen LogP contribution < -0.4 is 5.32 Å². The summed E-state index contributed by atoms with van der Waals surface area (Å²) >= 11 is 0. The first-order valence-electron chi connectivity index (χ1n) is 11.4. The number of nitrogens with one attached hydrogen (secondary N) is 1. The number of piperidine rings is 1. The molecule has 0 spiro atoms. The fourth-order valence-corrected chi connectivity index (χ4v) is 4.17. The van der Waals surface area contributed by atoms with Gasteiger partial charge in [-0.05, 0) is 68.8 Å². The summed E-state index contributed by atoms with van der Waals surface area (Å²) in [5.74, 6) is 0.336. The zero-order valence-corrected chi connectivity index (χ0v) is 18.6. The van der Waals surface area contributed by atoms with Gasteiger partial charge in [-0.15, -0.1) is 0 Å². The van der Waals surface area contributed by atoms with Gasteiger partial charge in [-0.3, -0.25) is 4.79 Å². The number of ether oxygens (including phenoxy) is 1. The maximum Gasteiger partial charge on any atom is 0.307 e. The largest absolute Gasteiger partial charge is 0.481 e. The Morgan fingerprint density at radius 2 is 2.06 bits per heavy atom. The van der Waals surface area contributed by atoms with Crippen LogP contribution in [0.15, 0.2) is 42.5 Å². The minimum Gasteiger partial charge on any atom is -0.481 e. The molecule has 0 amide bonds. The second-order valence-electron chi connectivity index (χ2n) is 8.30. The molecular weight excluding hydrogens is 390 g/mol. The molecule has 4 rings (SSSR count). The van der Waals surface area contributed by atoms with Crippen molar-refractivity contribution < 1.29 is 14.6 Å². The summed E-state index contributed by atoms with van der Waals surface area (Å²) in [4.78, 5) is 17.5. The van der Waals surface area contributed by atoms with Crippen molar-refractivity contribution in [1.82, 2.24) is 9.88 Å². The molecular formula is C25H35N3O3. The number of carboxylic acids is 1. The van der Waals surface area contributed by atoms with Gasteiger partial charge in [-0.2, -0.15) is 0 Å². The van der Waals surface area contributed by atoms with Crippen molar-refractivity contribution in [2.45, 2.75) is 51.0 Å². The molecule has 1 fully saturated rings. The van der Waals surface area contributed by atoms with Crippen molar-refractivity contribution in [3.05, 3.63) is 59.3 Å². The maximum atomic E-state index is 10.2. The van der Waals surface area contributed by atoms with Crippen molar-refractivity contribution in [2.75, 3.05) is 38.6 Å². The van der Waals surface area contributed by atoms with Crippen LogP contribution in [0.2, 0.25) is 0 Å². The van der Waals surface area contributed by atoms with Gasteiger partial charge in [-0.25, -0.2) is 4.98 Å². The third kappa shape index (κ3) is 7.96. The number of pyridine rings is 1. The second-order valence-corrected chi connectivity index (χ2v) is 8.30. The molecule has 0 saturated carbocycles. The van der Waals surface area contributed by atoms with E-state index in [1.54, 1.807) is 12.1 Å². The predicted molar refractivity (Wildman–Crippen MR) is 124 cm³/mol. The SMILES string of the molecule is COC1CCCN(CCCc2ccc3c(n2)NCCC3)C1.O=C(O)Cc1ccccc1. The first kappa shape index (κ1) is 23.2. The van der Waals surface area contributed by atoms with Gasteiger partial charge >= 0.3 is 5.97 Å². The number of rotatable bonds is 7. The van der Waals surface area contributed by atoms with Gasteiger partial charge in [0.2, 0.25) is 0 Å². The van der Waals surface area contributed by atoms with Gasteiger partial charge in [0.25, 0.3) is 0 Å². The lowest BCUT2D eigenvalue weighted by Crippen LogP contribution is -2.39. The van der Waals surface area contributed by atoms with E-state index >= 15 is 0 Å². The van der Waals surface area contributed by atoms with Crippen LogP contribution in [0.4, 0.5) is 5.82 Å². The van der Waals surface area contributed by atoms with Crippen LogP contribution in [0.5, 0.6) is 0 Å². The topological polar surface area (TPSA) is 74.7 Å². The smallest absolute Gasteiger partial charge is 0.307 e. The minimum atomic E-state index is -0.786. The van der Waals surface area contributed by atoms with Gasteiger partial charge in [0.15, 0.2) is 0 Å². The van der Waals surface area contributed by atoms with E-state index in [2.05, 4.69) is 22.3 Å². The summed E-state index contributed by atoms with van der Waals surface area (Å²) < 4.78 is 5.49. The molecule has 0 bridgehead atoms. The number of anilines is 1. The van der Waals surface area contributed by atoms with E-state index in [0.29, 0.717) is 6.10 Å². The highest BCUT2D eigenvalue weighted by Crippen LogP contribution is 2.20. The van der Waals surface area contributed by atoms with E-state index in [0.717, 1.165) is 37.4 Å². The maximum absolute atomic E-state index is 10.2. The molecule has 168 valence electrons. The fourth-order valence-electron chi connectivity index (χ4n) is 4.17. The molecule has 1 aromatic carbocycles. The molecule has 2 aromatic rings. The molecule has 1 aromatic heterocycles. The third-order valence-corrected chi connectivity index (χ3v) is 5.85. The summed E-state index contributed by atoms with van der Waals surface area (Å²) in [6.45, 7) is 4.54. The zero-order valence-electron chi connectivity index (χ0n) is 18.6. The number of carbonyl (C=O) groups is 1. The van der Waals surface area contributed by atoms with Crippen LogP contribution in [-0.2, 0) is 28.8 Å². The highest BCUT2D eigenvalue weighted by Gasteiger charge is 2.18. The highest BCUT2D eigenvalue weighted by molar-refractivity contribution is 5.70. The lowest BCUT2D eigenvalue weighted by atomic mass is 10.1. The number of nitrogens with zero attached hydrogens (tertiary/aromatic N) is 2. The van der Waals surface area contributed by atoms with E-state index < -0.39 is 5.97 Å². The van der Waals surface area contributed by atoms with E-state index in [9.17, 15) is 4.79 Å². The van der Waals surface area contributed by atoms with E-state index in [-0.39, 0.29) is 6.42 Å². The number of aryl methyl sites for hydroxylation is 2. The summed E-state index contributed by atoms with van der Waals surface area (Å²) in [5, 5.41) is 11.8. The Labute approximate surface area is 185 Å². The quantitative estimate of drug-likeness (QED) is 0.703. The van der Waals surface area contributed by atoms with E-state index in [1.165, 1.54) is 49.9 Å². The molecule has 1 unspecified atom stereocenters. The molecule has 31 heavy (non-hydrogen) atoms. The molecule has 1 atom stereocenters. The number of benzene rings is 1. The van der Waals surface area contributed by atoms with Crippen molar-refractivity contribution in [2.24, 2.45) is 0 Å². The number of aliphatic carboxylic acids is 1. The number of fused-ring (bicyclic) bond motifs is 1. The Balaban J connectivity index is 0.000000229. The molecule has 0 radical (unpaired) electrons. The van der Waals surface area contributed by atoms with Crippen molar-refractivity contribution in [3.63, 3.8) is 0 Å².